The van der Waals surface area contributed by atoms with Gasteiger partial charge in [-0.1, -0.05) is 37.3 Å². The Hall–Kier alpha value is -2.26. The average Bonchev–Trinajstić information content (AvgIpc) is 2.98. The van der Waals surface area contributed by atoms with Crippen molar-refractivity contribution in [1.29, 1.82) is 0 Å². The summed E-state index contributed by atoms with van der Waals surface area (Å²) in [5, 5.41) is 21.6. The molecule has 0 saturated heterocycles. The zero-order chi connectivity index (χ0) is 20.2. The van der Waals surface area contributed by atoms with E-state index in [4.69, 9.17) is 5.73 Å². The number of nitrogen functional groups attached to an aromatic ring is 1. The molecule has 0 aromatic heterocycles. The standard InChI is InChI=1S/C26H31NO2/c1-25-13-11-22-21-9-7-20(28)16-18(21)4-8-23(22)24(25)12-15-26(25,29)14-10-17-2-5-19(27)6-3-17/h2-3,5-7,9-10,14,16,22-24,28-29H,4,8,11-13,15,27H2,1H3/t22-,23-,24+,25+,26+/m1/s1. The van der Waals surface area contributed by atoms with Gasteiger partial charge in [-0.05, 0) is 97.2 Å². The van der Waals surface area contributed by atoms with E-state index in [1.165, 1.54) is 17.5 Å². The minimum absolute atomic E-state index is 0.0765. The SMILES string of the molecule is C[C@]12CC[C@@H]3c4ccc(O)cc4CC[C@H]3[C@@H]1CC[C@@]2(O)C=Cc1ccc(N)cc1. The van der Waals surface area contributed by atoms with Crippen LogP contribution in [0.25, 0.3) is 6.08 Å². The van der Waals surface area contributed by atoms with Crippen LogP contribution in [0.2, 0.25) is 0 Å². The molecule has 2 aromatic rings. The van der Waals surface area contributed by atoms with E-state index in [9.17, 15) is 10.2 Å². The van der Waals surface area contributed by atoms with Gasteiger partial charge in [0, 0.05) is 11.1 Å². The van der Waals surface area contributed by atoms with Gasteiger partial charge in [0.2, 0.25) is 0 Å². The van der Waals surface area contributed by atoms with Crippen molar-refractivity contribution in [3.05, 3.63) is 65.2 Å². The number of aliphatic hydroxyl groups is 1. The minimum atomic E-state index is -0.751. The van der Waals surface area contributed by atoms with Gasteiger partial charge in [-0.15, -0.1) is 0 Å². The van der Waals surface area contributed by atoms with E-state index in [2.05, 4.69) is 25.1 Å². The van der Waals surface area contributed by atoms with Crippen LogP contribution in [0.4, 0.5) is 5.69 Å². The molecule has 2 saturated carbocycles. The molecule has 5 rings (SSSR count). The van der Waals surface area contributed by atoms with Crippen LogP contribution in [0.1, 0.15) is 61.6 Å². The summed E-state index contributed by atoms with van der Waals surface area (Å²) in [5.74, 6) is 2.13. The molecule has 0 aliphatic heterocycles. The van der Waals surface area contributed by atoms with Crippen LogP contribution in [-0.2, 0) is 6.42 Å². The van der Waals surface area contributed by atoms with Crippen molar-refractivity contribution in [3.63, 3.8) is 0 Å². The number of aromatic hydroxyl groups is 1. The number of fused-ring (bicyclic) bond motifs is 5. The summed E-state index contributed by atoms with van der Waals surface area (Å²) < 4.78 is 0. The summed E-state index contributed by atoms with van der Waals surface area (Å²) in [6, 6.07) is 13.8. The van der Waals surface area contributed by atoms with Crippen molar-refractivity contribution in [2.75, 3.05) is 5.73 Å². The smallest absolute Gasteiger partial charge is 0.115 e. The molecule has 0 radical (unpaired) electrons. The van der Waals surface area contributed by atoms with Crippen LogP contribution in [0.5, 0.6) is 5.75 Å². The fourth-order valence-electron chi connectivity index (χ4n) is 6.73. The highest BCUT2D eigenvalue weighted by atomic mass is 16.3. The second kappa shape index (κ2) is 6.63. The third-order valence-electron chi connectivity index (χ3n) is 8.41. The van der Waals surface area contributed by atoms with Gasteiger partial charge in [0.05, 0.1) is 5.60 Å². The number of nitrogens with two attached hydrogens (primary N) is 1. The Balaban J connectivity index is 1.42. The monoisotopic (exact) mass is 389 g/mol. The molecule has 0 bridgehead atoms. The number of benzene rings is 2. The largest absolute Gasteiger partial charge is 0.508 e. The quantitative estimate of drug-likeness (QED) is 0.613. The first-order valence-corrected chi connectivity index (χ1v) is 11.0. The van der Waals surface area contributed by atoms with E-state index in [0.29, 0.717) is 23.5 Å². The highest BCUT2D eigenvalue weighted by Gasteiger charge is 2.60. The molecule has 29 heavy (non-hydrogen) atoms. The maximum absolute atomic E-state index is 11.7. The van der Waals surface area contributed by atoms with Gasteiger partial charge < -0.3 is 15.9 Å². The number of phenolic OH excluding ortho intramolecular Hbond substituents is 1. The molecule has 2 aromatic carbocycles. The first kappa shape index (κ1) is 18.7. The van der Waals surface area contributed by atoms with E-state index >= 15 is 0 Å². The van der Waals surface area contributed by atoms with E-state index in [0.717, 1.165) is 43.4 Å². The van der Waals surface area contributed by atoms with Crippen molar-refractivity contribution < 1.29 is 10.2 Å². The van der Waals surface area contributed by atoms with E-state index in [1.54, 1.807) is 0 Å². The topological polar surface area (TPSA) is 66.5 Å². The van der Waals surface area contributed by atoms with Crippen LogP contribution in [0, 0.1) is 17.3 Å². The first-order valence-electron chi connectivity index (χ1n) is 11.0. The van der Waals surface area contributed by atoms with Gasteiger partial charge in [-0.2, -0.15) is 0 Å². The number of phenols is 1. The van der Waals surface area contributed by atoms with Gasteiger partial charge in [-0.3, -0.25) is 0 Å². The number of hydrogen-bond donors (Lipinski definition) is 3. The normalized spacial score (nSPS) is 35.9. The second-order valence-corrected chi connectivity index (χ2v) is 9.72. The summed E-state index contributed by atoms with van der Waals surface area (Å²) in [6.07, 6.45) is 10.4. The summed E-state index contributed by atoms with van der Waals surface area (Å²) in [7, 11) is 0. The molecule has 3 heteroatoms. The second-order valence-electron chi connectivity index (χ2n) is 9.72. The third kappa shape index (κ3) is 2.90. The molecule has 0 heterocycles. The Morgan fingerprint density at radius 3 is 2.62 bits per heavy atom. The molecule has 4 N–H and O–H groups in total. The lowest BCUT2D eigenvalue weighted by molar-refractivity contribution is -0.0705. The molecule has 0 spiro atoms. The number of rotatable bonds is 2. The van der Waals surface area contributed by atoms with Crippen LogP contribution >= 0.6 is 0 Å². The highest BCUT2D eigenvalue weighted by molar-refractivity contribution is 5.55. The Kier molecular flexibility index (Phi) is 4.29. The summed E-state index contributed by atoms with van der Waals surface area (Å²) in [4.78, 5) is 0. The lowest BCUT2D eigenvalue weighted by atomic mass is 9.53. The molecule has 0 amide bonds. The number of anilines is 1. The zero-order valence-electron chi connectivity index (χ0n) is 17.1. The third-order valence-corrected chi connectivity index (χ3v) is 8.41. The lowest BCUT2D eigenvalue weighted by Gasteiger charge is -2.52. The molecule has 2 fully saturated rings. The van der Waals surface area contributed by atoms with Crippen molar-refractivity contribution in [2.45, 2.75) is 57.0 Å². The number of aryl methyl sites for hydroxylation is 1. The van der Waals surface area contributed by atoms with E-state index in [-0.39, 0.29) is 5.41 Å². The minimum Gasteiger partial charge on any atom is -0.508 e. The Labute approximate surface area is 173 Å². The van der Waals surface area contributed by atoms with Crippen molar-refractivity contribution in [3.8, 4) is 5.75 Å². The summed E-state index contributed by atoms with van der Waals surface area (Å²) in [6.45, 7) is 2.32. The molecule has 0 unspecified atom stereocenters. The molecule has 3 aliphatic carbocycles. The Morgan fingerprint density at radius 1 is 1.03 bits per heavy atom. The van der Waals surface area contributed by atoms with Crippen LogP contribution < -0.4 is 5.73 Å². The van der Waals surface area contributed by atoms with Gasteiger partial charge in [0.25, 0.3) is 0 Å². The molecule has 3 aliphatic rings. The molecule has 5 atom stereocenters. The van der Waals surface area contributed by atoms with Crippen LogP contribution in [0.3, 0.4) is 0 Å². The van der Waals surface area contributed by atoms with Crippen molar-refractivity contribution >= 4 is 11.8 Å². The predicted octanol–water partition coefficient (Wildman–Crippen LogP) is 5.28. The van der Waals surface area contributed by atoms with Gasteiger partial charge in [0.1, 0.15) is 5.75 Å². The number of hydrogen-bond acceptors (Lipinski definition) is 3. The first-order chi connectivity index (χ1) is 13.9. The maximum Gasteiger partial charge on any atom is 0.115 e. The maximum atomic E-state index is 11.7. The van der Waals surface area contributed by atoms with Gasteiger partial charge in [0.15, 0.2) is 0 Å². The van der Waals surface area contributed by atoms with Crippen molar-refractivity contribution in [2.24, 2.45) is 17.3 Å². The van der Waals surface area contributed by atoms with E-state index in [1.807, 2.05) is 36.4 Å². The molecular formula is C26H31NO2. The average molecular weight is 390 g/mol. The molecular weight excluding hydrogens is 358 g/mol. The van der Waals surface area contributed by atoms with Crippen LogP contribution in [0.15, 0.2) is 48.5 Å². The van der Waals surface area contributed by atoms with Crippen molar-refractivity contribution in [1.82, 2.24) is 0 Å². The lowest BCUT2D eigenvalue weighted by Crippen LogP contribution is -2.49. The van der Waals surface area contributed by atoms with Gasteiger partial charge in [-0.25, -0.2) is 0 Å². The summed E-state index contributed by atoms with van der Waals surface area (Å²) in [5.41, 5.74) is 9.58. The van der Waals surface area contributed by atoms with E-state index < -0.39 is 5.60 Å². The zero-order valence-corrected chi connectivity index (χ0v) is 17.1. The highest BCUT2D eigenvalue weighted by Crippen LogP contribution is 2.64. The molecule has 3 nitrogen and oxygen atoms in total. The fourth-order valence-corrected chi connectivity index (χ4v) is 6.73. The molecule has 152 valence electrons. The Bertz CT molecular complexity index is 950. The predicted molar refractivity (Wildman–Crippen MR) is 118 cm³/mol. The van der Waals surface area contributed by atoms with Crippen LogP contribution in [-0.4, -0.2) is 15.8 Å². The van der Waals surface area contributed by atoms with Gasteiger partial charge >= 0.3 is 0 Å². The summed E-state index contributed by atoms with van der Waals surface area (Å²) >= 11 is 0. The fraction of sp³-hybridized carbons (Fsp3) is 0.462. The Morgan fingerprint density at radius 2 is 1.83 bits per heavy atom.